The van der Waals surface area contributed by atoms with E-state index in [1.165, 1.54) is 36.9 Å². The molecule has 0 aliphatic heterocycles. The summed E-state index contributed by atoms with van der Waals surface area (Å²) in [6, 6.07) is 8.53. The van der Waals surface area contributed by atoms with E-state index in [0.717, 1.165) is 6.54 Å². The van der Waals surface area contributed by atoms with Crippen molar-refractivity contribution in [1.29, 1.82) is 0 Å². The summed E-state index contributed by atoms with van der Waals surface area (Å²) in [7, 11) is 0. The first-order chi connectivity index (χ1) is 8.29. The maximum Gasteiger partial charge on any atom is 0.0462 e. The van der Waals surface area contributed by atoms with E-state index in [0.29, 0.717) is 18.4 Å². The minimum Gasteiger partial charge on any atom is -0.396 e. The van der Waals surface area contributed by atoms with Crippen molar-refractivity contribution in [3.05, 3.63) is 29.8 Å². The van der Waals surface area contributed by atoms with Crippen LogP contribution in [-0.2, 0) is 0 Å². The van der Waals surface area contributed by atoms with Crippen LogP contribution >= 0.6 is 0 Å². The molecule has 1 aliphatic carbocycles. The van der Waals surface area contributed by atoms with Crippen molar-refractivity contribution in [3.8, 4) is 0 Å². The van der Waals surface area contributed by atoms with Gasteiger partial charge in [-0.2, -0.15) is 0 Å². The Kier molecular flexibility index (Phi) is 4.43. The lowest BCUT2D eigenvalue weighted by atomic mass is 9.79. The molecule has 17 heavy (non-hydrogen) atoms. The van der Waals surface area contributed by atoms with Crippen molar-refractivity contribution >= 4 is 5.69 Å². The number of aliphatic hydroxyl groups is 1. The fourth-order valence-electron chi connectivity index (χ4n) is 2.71. The summed E-state index contributed by atoms with van der Waals surface area (Å²) in [5.41, 5.74) is 2.49. The number of rotatable bonds is 4. The second-order valence-electron chi connectivity index (χ2n) is 5.23. The van der Waals surface area contributed by atoms with E-state index in [2.05, 4.69) is 36.5 Å². The van der Waals surface area contributed by atoms with Crippen molar-refractivity contribution in [3.63, 3.8) is 0 Å². The van der Waals surface area contributed by atoms with E-state index in [1.54, 1.807) is 0 Å². The van der Waals surface area contributed by atoms with Gasteiger partial charge in [0.25, 0.3) is 0 Å². The summed E-state index contributed by atoms with van der Waals surface area (Å²) in [5.74, 6) is 1.14. The number of hydrogen-bond acceptors (Lipinski definition) is 2. The molecule has 0 saturated heterocycles. The molecule has 2 heteroatoms. The summed E-state index contributed by atoms with van der Waals surface area (Å²) in [6.45, 7) is 3.45. The number of hydrogen-bond donors (Lipinski definition) is 2. The quantitative estimate of drug-likeness (QED) is 0.837. The predicted molar refractivity (Wildman–Crippen MR) is 72.2 cm³/mol. The predicted octanol–water partition coefficient (Wildman–Crippen LogP) is 3.21. The molecule has 0 radical (unpaired) electrons. The van der Waals surface area contributed by atoms with Crippen LogP contribution in [0.5, 0.6) is 0 Å². The highest BCUT2D eigenvalue weighted by atomic mass is 16.3. The summed E-state index contributed by atoms with van der Waals surface area (Å²) in [5, 5.41) is 12.9. The maximum absolute atomic E-state index is 9.37. The van der Waals surface area contributed by atoms with Crippen molar-refractivity contribution in [2.24, 2.45) is 11.8 Å². The number of nitrogens with one attached hydrogen (secondary N) is 1. The first-order valence-corrected chi connectivity index (χ1v) is 6.71. The third kappa shape index (κ3) is 3.47. The Morgan fingerprint density at radius 3 is 2.41 bits per heavy atom. The van der Waals surface area contributed by atoms with Gasteiger partial charge in [-0.1, -0.05) is 30.5 Å². The molecule has 2 rings (SSSR count). The molecule has 1 aliphatic rings. The third-order valence-corrected chi connectivity index (χ3v) is 3.92. The Balaban J connectivity index is 1.86. The zero-order chi connectivity index (χ0) is 12.1. The zero-order valence-corrected chi connectivity index (χ0v) is 10.7. The molecular formula is C15H23NO. The first kappa shape index (κ1) is 12.4. The molecule has 2 atom stereocenters. The average molecular weight is 233 g/mol. The molecule has 2 N–H and O–H groups in total. The lowest BCUT2D eigenvalue weighted by Crippen LogP contribution is -2.28. The van der Waals surface area contributed by atoms with Crippen LogP contribution in [-0.4, -0.2) is 18.3 Å². The Morgan fingerprint density at radius 2 is 1.76 bits per heavy atom. The Labute approximate surface area is 104 Å². The molecule has 0 heterocycles. The van der Waals surface area contributed by atoms with Gasteiger partial charge in [-0.15, -0.1) is 0 Å². The van der Waals surface area contributed by atoms with Crippen LogP contribution in [0, 0.1) is 18.8 Å². The second kappa shape index (κ2) is 6.06. The van der Waals surface area contributed by atoms with E-state index in [1.807, 2.05) is 0 Å². The van der Waals surface area contributed by atoms with Crippen LogP contribution in [0.2, 0.25) is 0 Å². The summed E-state index contributed by atoms with van der Waals surface area (Å²) < 4.78 is 0. The number of aryl methyl sites for hydroxylation is 1. The number of benzene rings is 1. The van der Waals surface area contributed by atoms with Gasteiger partial charge >= 0.3 is 0 Å². The van der Waals surface area contributed by atoms with E-state index in [4.69, 9.17) is 0 Å². The fourth-order valence-corrected chi connectivity index (χ4v) is 2.71. The van der Waals surface area contributed by atoms with Crippen molar-refractivity contribution in [1.82, 2.24) is 0 Å². The lowest BCUT2D eigenvalue weighted by molar-refractivity contribution is 0.141. The average Bonchev–Trinajstić information content (AvgIpc) is 2.38. The van der Waals surface area contributed by atoms with E-state index in [9.17, 15) is 5.11 Å². The summed E-state index contributed by atoms with van der Waals surface area (Å²) in [4.78, 5) is 0. The van der Waals surface area contributed by atoms with Crippen LogP contribution in [0.1, 0.15) is 31.2 Å². The second-order valence-corrected chi connectivity index (χ2v) is 5.23. The monoisotopic (exact) mass is 233 g/mol. The summed E-state index contributed by atoms with van der Waals surface area (Å²) in [6.07, 6.45) is 5.05. The molecule has 1 aromatic rings. The Morgan fingerprint density at radius 1 is 1.12 bits per heavy atom. The normalized spacial score (nSPS) is 24.6. The van der Waals surface area contributed by atoms with Crippen LogP contribution in [0.4, 0.5) is 5.69 Å². The highest BCUT2D eigenvalue weighted by Crippen LogP contribution is 2.29. The molecule has 0 amide bonds. The minimum atomic E-state index is 0.347. The van der Waals surface area contributed by atoms with Crippen LogP contribution in [0.25, 0.3) is 0 Å². The van der Waals surface area contributed by atoms with Crippen LogP contribution < -0.4 is 5.32 Å². The Hall–Kier alpha value is -1.02. The van der Waals surface area contributed by atoms with Gasteiger partial charge in [-0.3, -0.25) is 0 Å². The van der Waals surface area contributed by atoms with Gasteiger partial charge in [0, 0.05) is 18.8 Å². The molecule has 0 spiro atoms. The van der Waals surface area contributed by atoms with Gasteiger partial charge in [-0.05, 0) is 43.7 Å². The first-order valence-electron chi connectivity index (χ1n) is 6.71. The molecule has 0 aromatic heterocycles. The summed E-state index contributed by atoms with van der Waals surface area (Å²) >= 11 is 0. The Bertz CT molecular complexity index is 333. The molecule has 1 saturated carbocycles. The smallest absolute Gasteiger partial charge is 0.0462 e. The maximum atomic E-state index is 9.37. The largest absolute Gasteiger partial charge is 0.396 e. The molecule has 2 nitrogen and oxygen atoms in total. The van der Waals surface area contributed by atoms with E-state index in [-0.39, 0.29) is 0 Å². The van der Waals surface area contributed by atoms with E-state index < -0.39 is 0 Å². The van der Waals surface area contributed by atoms with E-state index >= 15 is 0 Å². The zero-order valence-electron chi connectivity index (χ0n) is 10.7. The highest BCUT2D eigenvalue weighted by Gasteiger charge is 2.23. The molecule has 94 valence electrons. The molecule has 0 bridgehead atoms. The van der Waals surface area contributed by atoms with Gasteiger partial charge in [0.15, 0.2) is 0 Å². The van der Waals surface area contributed by atoms with Gasteiger partial charge in [0.2, 0.25) is 0 Å². The van der Waals surface area contributed by atoms with Gasteiger partial charge in [-0.25, -0.2) is 0 Å². The van der Waals surface area contributed by atoms with Crippen molar-refractivity contribution in [2.45, 2.75) is 32.6 Å². The molecule has 1 fully saturated rings. The molecule has 2 unspecified atom stereocenters. The topological polar surface area (TPSA) is 32.3 Å². The lowest BCUT2D eigenvalue weighted by Gasteiger charge is -2.30. The highest BCUT2D eigenvalue weighted by molar-refractivity contribution is 5.44. The van der Waals surface area contributed by atoms with Crippen LogP contribution in [0.15, 0.2) is 24.3 Å². The number of aliphatic hydroxyl groups excluding tert-OH is 1. The van der Waals surface area contributed by atoms with Crippen molar-refractivity contribution < 1.29 is 5.11 Å². The minimum absolute atomic E-state index is 0.347. The van der Waals surface area contributed by atoms with Gasteiger partial charge < -0.3 is 10.4 Å². The molecular weight excluding hydrogens is 210 g/mol. The third-order valence-electron chi connectivity index (χ3n) is 3.92. The van der Waals surface area contributed by atoms with Gasteiger partial charge in [0.05, 0.1) is 0 Å². The SMILES string of the molecule is Cc1ccc(NCC2CCCCC2CO)cc1. The number of anilines is 1. The fraction of sp³-hybridized carbons (Fsp3) is 0.600. The van der Waals surface area contributed by atoms with Crippen LogP contribution in [0.3, 0.4) is 0 Å². The molecule has 1 aromatic carbocycles. The standard InChI is InChI=1S/C15H23NO/c1-12-6-8-15(9-7-12)16-10-13-4-2-3-5-14(13)11-17/h6-9,13-14,16-17H,2-5,10-11H2,1H3. The van der Waals surface area contributed by atoms with Crippen molar-refractivity contribution in [2.75, 3.05) is 18.5 Å². The van der Waals surface area contributed by atoms with Gasteiger partial charge in [0.1, 0.15) is 0 Å².